The van der Waals surface area contributed by atoms with Gasteiger partial charge in [0.15, 0.2) is 6.10 Å². The Morgan fingerprint density at radius 1 is 1.19 bits per heavy atom. The summed E-state index contributed by atoms with van der Waals surface area (Å²) < 4.78 is 11.8. The van der Waals surface area contributed by atoms with Crippen molar-refractivity contribution in [1.29, 1.82) is 0 Å². The van der Waals surface area contributed by atoms with Gasteiger partial charge in [-0.3, -0.25) is 0 Å². The summed E-state index contributed by atoms with van der Waals surface area (Å²) in [6, 6.07) is 6.01. The van der Waals surface area contributed by atoms with Crippen LogP contribution < -0.4 is 15.4 Å². The van der Waals surface area contributed by atoms with Gasteiger partial charge in [-0.1, -0.05) is 6.07 Å². The highest BCUT2D eigenvalue weighted by molar-refractivity contribution is 5.93. The van der Waals surface area contributed by atoms with Crippen LogP contribution in [0.5, 0.6) is 5.75 Å². The lowest BCUT2D eigenvalue weighted by molar-refractivity contribution is -0.160. The number of carboxylic acids is 1. The molecule has 0 spiro atoms. The van der Waals surface area contributed by atoms with E-state index in [1.54, 1.807) is 0 Å². The molecule has 2 aromatic carbocycles. The SMILES string of the molecule is Cc1c2c(c(C)c(C(OC(C)(C)C)C(=O)O)c1-c1ccc3c(c1)CCCO3)NC(O)N2. The van der Waals surface area contributed by atoms with E-state index in [2.05, 4.69) is 16.7 Å². The quantitative estimate of drug-likeness (QED) is 0.577. The Hall–Kier alpha value is -2.77. The Morgan fingerprint density at radius 2 is 1.87 bits per heavy atom. The predicted molar refractivity (Wildman–Crippen MR) is 120 cm³/mol. The van der Waals surface area contributed by atoms with Crippen LogP contribution in [0.3, 0.4) is 0 Å². The van der Waals surface area contributed by atoms with Crippen LogP contribution in [0.1, 0.15) is 55.5 Å². The first-order valence-corrected chi connectivity index (χ1v) is 10.6. The molecule has 0 aromatic heterocycles. The zero-order chi connectivity index (χ0) is 22.5. The van der Waals surface area contributed by atoms with E-state index in [1.165, 1.54) is 0 Å². The average molecular weight is 427 g/mol. The van der Waals surface area contributed by atoms with Crippen LogP contribution >= 0.6 is 0 Å². The fraction of sp³-hybridized carbons (Fsp3) is 0.458. The van der Waals surface area contributed by atoms with Crippen molar-refractivity contribution in [3.8, 4) is 16.9 Å². The molecule has 31 heavy (non-hydrogen) atoms. The van der Waals surface area contributed by atoms with Gasteiger partial charge >= 0.3 is 5.97 Å². The predicted octanol–water partition coefficient (Wildman–Crippen LogP) is 4.35. The first kappa shape index (κ1) is 21.5. The van der Waals surface area contributed by atoms with Gasteiger partial charge in [0.05, 0.1) is 23.6 Å². The summed E-state index contributed by atoms with van der Waals surface area (Å²) in [7, 11) is 0. The van der Waals surface area contributed by atoms with Crippen molar-refractivity contribution in [2.75, 3.05) is 17.2 Å². The van der Waals surface area contributed by atoms with E-state index in [4.69, 9.17) is 9.47 Å². The maximum absolute atomic E-state index is 12.4. The van der Waals surface area contributed by atoms with Crippen molar-refractivity contribution < 1.29 is 24.5 Å². The monoisotopic (exact) mass is 426 g/mol. The number of anilines is 2. The second kappa shape index (κ2) is 7.73. The van der Waals surface area contributed by atoms with E-state index in [1.807, 2.05) is 46.8 Å². The molecule has 2 heterocycles. The maximum Gasteiger partial charge on any atom is 0.337 e. The molecule has 0 radical (unpaired) electrons. The van der Waals surface area contributed by atoms with Crippen LogP contribution in [0.15, 0.2) is 18.2 Å². The first-order chi connectivity index (χ1) is 14.6. The second-order valence-electron chi connectivity index (χ2n) is 9.20. The number of carboxylic acid groups (broad SMARTS) is 1. The Bertz CT molecular complexity index is 1040. The summed E-state index contributed by atoms with van der Waals surface area (Å²) in [6.45, 7) is 10.1. The van der Waals surface area contributed by atoms with Crippen molar-refractivity contribution in [3.05, 3.63) is 40.5 Å². The smallest absolute Gasteiger partial charge is 0.337 e. The lowest BCUT2D eigenvalue weighted by Gasteiger charge is -2.30. The number of aryl methyl sites for hydroxylation is 1. The molecule has 4 N–H and O–H groups in total. The number of rotatable bonds is 4. The third kappa shape index (κ3) is 3.95. The van der Waals surface area contributed by atoms with Crippen molar-refractivity contribution in [1.82, 2.24) is 0 Å². The van der Waals surface area contributed by atoms with Gasteiger partial charge in [0.25, 0.3) is 0 Å². The van der Waals surface area contributed by atoms with E-state index in [0.717, 1.165) is 52.1 Å². The third-order valence-corrected chi connectivity index (χ3v) is 5.77. The summed E-state index contributed by atoms with van der Waals surface area (Å²) in [5.74, 6) is -0.172. The second-order valence-corrected chi connectivity index (χ2v) is 9.20. The van der Waals surface area contributed by atoms with Crippen molar-refractivity contribution >= 4 is 17.3 Å². The van der Waals surface area contributed by atoms with Gasteiger partial charge in [0.2, 0.25) is 6.35 Å². The topological polar surface area (TPSA) is 100 Å². The number of carbonyl (C=O) groups is 1. The molecule has 0 bridgehead atoms. The largest absolute Gasteiger partial charge is 0.493 e. The lowest BCUT2D eigenvalue weighted by atomic mass is 9.85. The van der Waals surface area contributed by atoms with Crippen LogP contribution in [0.2, 0.25) is 0 Å². The van der Waals surface area contributed by atoms with Crippen molar-refractivity contribution in [3.63, 3.8) is 0 Å². The van der Waals surface area contributed by atoms with Gasteiger partial charge in [-0.15, -0.1) is 0 Å². The molecule has 2 aromatic rings. The molecular weight excluding hydrogens is 396 g/mol. The van der Waals surface area contributed by atoms with E-state index < -0.39 is 24.0 Å². The van der Waals surface area contributed by atoms with Crippen LogP contribution in [0.4, 0.5) is 11.4 Å². The Kier molecular flexibility index (Phi) is 5.35. The van der Waals surface area contributed by atoms with Crippen molar-refractivity contribution in [2.24, 2.45) is 0 Å². The number of aliphatic hydroxyl groups excluding tert-OH is 1. The molecule has 0 amide bonds. The van der Waals surface area contributed by atoms with Gasteiger partial charge in [-0.25, -0.2) is 4.79 Å². The van der Waals surface area contributed by atoms with Crippen molar-refractivity contribution in [2.45, 2.75) is 65.5 Å². The van der Waals surface area contributed by atoms with Crippen LogP contribution in [-0.2, 0) is 16.0 Å². The normalized spacial score (nSPS) is 18.3. The molecule has 2 aliphatic heterocycles. The molecule has 2 unspecified atom stereocenters. The molecule has 2 atom stereocenters. The first-order valence-electron chi connectivity index (χ1n) is 10.6. The van der Waals surface area contributed by atoms with E-state index in [-0.39, 0.29) is 0 Å². The molecule has 7 heteroatoms. The number of hydrogen-bond acceptors (Lipinski definition) is 6. The fourth-order valence-corrected chi connectivity index (χ4v) is 4.50. The number of ether oxygens (including phenoxy) is 2. The van der Waals surface area contributed by atoms with Gasteiger partial charge in [0.1, 0.15) is 5.75 Å². The number of aliphatic carboxylic acids is 1. The summed E-state index contributed by atoms with van der Waals surface area (Å²) in [6.07, 6.45) is -0.223. The number of nitrogens with one attached hydrogen (secondary N) is 2. The summed E-state index contributed by atoms with van der Waals surface area (Å²) in [4.78, 5) is 12.4. The maximum atomic E-state index is 12.4. The Labute approximate surface area is 182 Å². The molecule has 166 valence electrons. The average Bonchev–Trinajstić information content (AvgIpc) is 3.10. The zero-order valence-corrected chi connectivity index (χ0v) is 18.6. The van der Waals surface area contributed by atoms with E-state index in [9.17, 15) is 15.0 Å². The van der Waals surface area contributed by atoms with Crippen LogP contribution in [0, 0.1) is 13.8 Å². The molecule has 0 fully saturated rings. The minimum Gasteiger partial charge on any atom is -0.493 e. The molecule has 0 aliphatic carbocycles. The van der Waals surface area contributed by atoms with E-state index in [0.29, 0.717) is 17.9 Å². The standard InChI is InChI=1S/C24H30N2O5/c1-12-17(15-8-9-16-14(11-15)7-6-10-30-16)18(21(22(27)28)31-24(3,4)5)13(2)20-19(12)25-23(29)26-20/h8-9,11,21,23,25-26,29H,6-7,10H2,1-5H3,(H,27,28). The minimum absolute atomic E-state index is 0.596. The van der Waals surface area contributed by atoms with Gasteiger partial charge in [-0.2, -0.15) is 0 Å². The molecule has 4 rings (SSSR count). The molecule has 0 saturated heterocycles. The zero-order valence-electron chi connectivity index (χ0n) is 18.6. The van der Waals surface area contributed by atoms with E-state index >= 15 is 0 Å². The summed E-state index contributed by atoms with van der Waals surface area (Å²) in [5.41, 5.74) is 5.85. The number of aliphatic hydroxyl groups is 1. The molecular formula is C24H30N2O5. The molecule has 2 aliphatic rings. The summed E-state index contributed by atoms with van der Waals surface area (Å²) in [5, 5.41) is 26.4. The van der Waals surface area contributed by atoms with Gasteiger partial charge < -0.3 is 30.3 Å². The van der Waals surface area contributed by atoms with Gasteiger partial charge in [-0.05, 0) is 87.4 Å². The highest BCUT2D eigenvalue weighted by Gasteiger charge is 2.35. The molecule has 0 saturated carbocycles. The highest BCUT2D eigenvalue weighted by Crippen LogP contribution is 2.47. The number of fused-ring (bicyclic) bond motifs is 2. The van der Waals surface area contributed by atoms with Gasteiger partial charge in [0, 0.05) is 5.56 Å². The molecule has 7 nitrogen and oxygen atoms in total. The third-order valence-electron chi connectivity index (χ3n) is 5.77. The highest BCUT2D eigenvalue weighted by atomic mass is 16.5. The Balaban J connectivity index is 1.98. The summed E-state index contributed by atoms with van der Waals surface area (Å²) >= 11 is 0. The van der Waals surface area contributed by atoms with Crippen LogP contribution in [-0.4, -0.2) is 34.7 Å². The number of hydrogen-bond donors (Lipinski definition) is 4. The fourth-order valence-electron chi connectivity index (χ4n) is 4.50. The number of benzene rings is 2. The Morgan fingerprint density at radius 3 is 2.52 bits per heavy atom. The minimum atomic E-state index is -1.16. The van der Waals surface area contributed by atoms with Crippen LogP contribution in [0.25, 0.3) is 11.1 Å². The lowest BCUT2D eigenvalue weighted by Crippen LogP contribution is -2.28.